The number of nitrogens with one attached hydrogen (secondary N) is 1. The average Bonchev–Trinajstić information content (AvgIpc) is 2.18. The van der Waals surface area contributed by atoms with Crippen molar-refractivity contribution in [2.24, 2.45) is 5.73 Å². The number of nitrogens with two attached hydrogens (primary N) is 2. The molecule has 0 saturated heterocycles. The summed E-state index contributed by atoms with van der Waals surface area (Å²) in [6.45, 7) is -0.0918. The molecular weight excluding hydrogens is 222 g/mol. The van der Waals surface area contributed by atoms with Gasteiger partial charge in [0.05, 0.1) is 12.7 Å². The van der Waals surface area contributed by atoms with Crippen LogP contribution in [0.2, 0.25) is 5.02 Å². The Balaban J connectivity index is 2.65. The van der Waals surface area contributed by atoms with Crippen molar-refractivity contribution < 1.29 is 9.90 Å². The average molecular weight is 232 g/mol. The largest absolute Gasteiger partial charge is 0.381 e. The molecule has 0 bridgehead atoms. The Bertz CT molecular complexity index is 372. The number of amides is 1. The number of primary amides is 1. The highest BCUT2D eigenvalue weighted by Crippen LogP contribution is 2.17. The molecule has 0 radical (unpaired) electrons. The van der Waals surface area contributed by atoms with Crippen molar-refractivity contribution >= 4 is 29.3 Å². The third-order valence-electron chi connectivity index (χ3n) is 1.55. The van der Waals surface area contributed by atoms with Crippen LogP contribution in [-0.2, 0) is 4.79 Å². The van der Waals surface area contributed by atoms with Crippen molar-refractivity contribution in [2.75, 3.05) is 17.6 Å². The lowest BCUT2D eigenvalue weighted by Crippen LogP contribution is -2.34. The summed E-state index contributed by atoms with van der Waals surface area (Å²) >= 11 is 5.72. The number of halogens is 1. The normalized spacial score (nSPS) is 12.1. The number of rotatable bonds is 4. The molecule has 8 heteroatoms. The molecular formula is C7H10ClN5O2. The van der Waals surface area contributed by atoms with Gasteiger partial charge in [0.1, 0.15) is 11.1 Å². The SMILES string of the molecule is NC(=O)C(O)CNc1nc(N)ncc1Cl. The Morgan fingerprint density at radius 3 is 3.00 bits per heavy atom. The maximum Gasteiger partial charge on any atom is 0.248 e. The molecule has 0 fully saturated rings. The third-order valence-corrected chi connectivity index (χ3v) is 1.83. The van der Waals surface area contributed by atoms with E-state index in [4.69, 9.17) is 28.2 Å². The van der Waals surface area contributed by atoms with Crippen LogP contribution >= 0.6 is 11.6 Å². The first-order valence-corrected chi connectivity index (χ1v) is 4.37. The molecule has 1 aromatic rings. The molecule has 6 N–H and O–H groups in total. The van der Waals surface area contributed by atoms with Gasteiger partial charge in [0.15, 0.2) is 5.82 Å². The van der Waals surface area contributed by atoms with E-state index in [2.05, 4.69) is 15.3 Å². The zero-order valence-electron chi connectivity index (χ0n) is 7.64. The van der Waals surface area contributed by atoms with Crippen molar-refractivity contribution in [1.29, 1.82) is 0 Å². The summed E-state index contributed by atoms with van der Waals surface area (Å²) in [5, 5.41) is 12.0. The van der Waals surface area contributed by atoms with Crippen LogP contribution in [0.5, 0.6) is 0 Å². The molecule has 1 atom stereocenters. The number of aromatic nitrogens is 2. The minimum Gasteiger partial charge on any atom is -0.381 e. The van der Waals surface area contributed by atoms with Gasteiger partial charge in [-0.05, 0) is 0 Å². The van der Waals surface area contributed by atoms with Crippen molar-refractivity contribution in [3.8, 4) is 0 Å². The number of aliphatic hydroxyl groups is 1. The molecule has 1 amide bonds. The minimum absolute atomic E-state index is 0.0375. The number of anilines is 2. The monoisotopic (exact) mass is 231 g/mol. The number of hydrogen-bond acceptors (Lipinski definition) is 6. The van der Waals surface area contributed by atoms with E-state index in [9.17, 15) is 4.79 Å². The summed E-state index contributed by atoms with van der Waals surface area (Å²) in [7, 11) is 0. The number of nitrogen functional groups attached to an aromatic ring is 1. The smallest absolute Gasteiger partial charge is 0.248 e. The fraction of sp³-hybridized carbons (Fsp3) is 0.286. The lowest BCUT2D eigenvalue weighted by molar-refractivity contribution is -0.125. The molecule has 7 nitrogen and oxygen atoms in total. The van der Waals surface area contributed by atoms with Crippen molar-refractivity contribution in [1.82, 2.24) is 9.97 Å². The van der Waals surface area contributed by atoms with Crippen LogP contribution in [0, 0.1) is 0 Å². The van der Waals surface area contributed by atoms with E-state index in [0.29, 0.717) is 0 Å². The topological polar surface area (TPSA) is 127 Å². The van der Waals surface area contributed by atoms with Crippen LogP contribution in [0.4, 0.5) is 11.8 Å². The first-order chi connectivity index (χ1) is 7.00. The van der Waals surface area contributed by atoms with Crippen LogP contribution < -0.4 is 16.8 Å². The Morgan fingerprint density at radius 2 is 2.40 bits per heavy atom. The second-order valence-corrected chi connectivity index (χ2v) is 3.13. The van der Waals surface area contributed by atoms with Gasteiger partial charge in [-0.3, -0.25) is 4.79 Å². The Morgan fingerprint density at radius 1 is 1.73 bits per heavy atom. The van der Waals surface area contributed by atoms with Crippen LogP contribution in [-0.4, -0.2) is 33.6 Å². The van der Waals surface area contributed by atoms with Gasteiger partial charge in [-0.15, -0.1) is 0 Å². The Labute approximate surface area is 90.5 Å². The second-order valence-electron chi connectivity index (χ2n) is 2.72. The first kappa shape index (κ1) is 11.5. The molecule has 1 aromatic heterocycles. The van der Waals surface area contributed by atoms with E-state index in [0.717, 1.165) is 0 Å². The fourth-order valence-corrected chi connectivity index (χ4v) is 0.957. The van der Waals surface area contributed by atoms with Gasteiger partial charge in [0.2, 0.25) is 11.9 Å². The molecule has 0 aliphatic rings. The fourth-order valence-electron chi connectivity index (χ4n) is 0.799. The number of nitrogens with zero attached hydrogens (tertiary/aromatic N) is 2. The molecule has 0 aliphatic carbocycles. The molecule has 15 heavy (non-hydrogen) atoms. The number of carbonyl (C=O) groups excluding carboxylic acids is 1. The highest BCUT2D eigenvalue weighted by atomic mass is 35.5. The van der Waals surface area contributed by atoms with Gasteiger partial charge in [0.25, 0.3) is 0 Å². The summed E-state index contributed by atoms with van der Waals surface area (Å²) in [5.74, 6) is -0.555. The summed E-state index contributed by atoms with van der Waals surface area (Å²) in [5.41, 5.74) is 10.2. The van der Waals surface area contributed by atoms with Gasteiger partial charge in [-0.2, -0.15) is 4.98 Å². The van der Waals surface area contributed by atoms with Gasteiger partial charge in [0, 0.05) is 0 Å². The van der Waals surface area contributed by atoms with E-state index < -0.39 is 12.0 Å². The van der Waals surface area contributed by atoms with E-state index in [1.807, 2.05) is 0 Å². The van der Waals surface area contributed by atoms with Crippen LogP contribution in [0.3, 0.4) is 0 Å². The Hall–Kier alpha value is -1.60. The summed E-state index contributed by atoms with van der Waals surface area (Å²) in [6.07, 6.45) is 0.000307. The van der Waals surface area contributed by atoms with Crippen molar-refractivity contribution in [3.05, 3.63) is 11.2 Å². The van der Waals surface area contributed by atoms with E-state index >= 15 is 0 Å². The molecule has 0 spiro atoms. The number of carbonyl (C=O) groups is 1. The lowest BCUT2D eigenvalue weighted by atomic mass is 10.3. The summed E-state index contributed by atoms with van der Waals surface area (Å²) in [6, 6.07) is 0. The molecule has 1 unspecified atom stereocenters. The van der Waals surface area contributed by atoms with Crippen molar-refractivity contribution in [3.63, 3.8) is 0 Å². The van der Waals surface area contributed by atoms with Crippen LogP contribution in [0.15, 0.2) is 6.20 Å². The minimum atomic E-state index is -1.31. The Kier molecular flexibility index (Phi) is 3.64. The van der Waals surface area contributed by atoms with E-state index in [1.54, 1.807) is 0 Å². The van der Waals surface area contributed by atoms with E-state index in [1.165, 1.54) is 6.20 Å². The predicted molar refractivity (Wildman–Crippen MR) is 55.1 cm³/mol. The zero-order valence-corrected chi connectivity index (χ0v) is 8.40. The second kappa shape index (κ2) is 4.76. The first-order valence-electron chi connectivity index (χ1n) is 4.00. The van der Waals surface area contributed by atoms with Crippen molar-refractivity contribution in [2.45, 2.75) is 6.10 Å². The van der Waals surface area contributed by atoms with Gasteiger partial charge in [-0.1, -0.05) is 11.6 Å². The van der Waals surface area contributed by atoms with Gasteiger partial charge < -0.3 is 21.9 Å². The molecule has 0 aromatic carbocycles. The maximum atomic E-state index is 10.5. The number of aliphatic hydroxyl groups excluding tert-OH is 1. The summed E-state index contributed by atoms with van der Waals surface area (Å²) in [4.78, 5) is 17.9. The quantitative estimate of drug-likeness (QED) is 0.525. The zero-order chi connectivity index (χ0) is 11.4. The standard InChI is InChI=1S/C7H10ClN5O2/c8-3-1-12-7(10)13-6(3)11-2-4(14)5(9)15/h1,4,14H,2H2,(H2,9,15)(H3,10,11,12,13). The lowest BCUT2D eigenvalue weighted by Gasteiger charge is -2.09. The van der Waals surface area contributed by atoms with Crippen LogP contribution in [0.1, 0.15) is 0 Å². The van der Waals surface area contributed by atoms with E-state index in [-0.39, 0.29) is 23.3 Å². The maximum absolute atomic E-state index is 10.5. The molecule has 1 heterocycles. The van der Waals surface area contributed by atoms with Gasteiger partial charge >= 0.3 is 0 Å². The van der Waals surface area contributed by atoms with Crippen LogP contribution in [0.25, 0.3) is 0 Å². The molecule has 0 saturated carbocycles. The van der Waals surface area contributed by atoms with Gasteiger partial charge in [-0.25, -0.2) is 4.98 Å². The number of hydrogen-bond donors (Lipinski definition) is 4. The predicted octanol–water partition coefficient (Wildman–Crippen LogP) is -1.03. The molecule has 0 aliphatic heterocycles. The highest BCUT2D eigenvalue weighted by Gasteiger charge is 2.11. The summed E-state index contributed by atoms with van der Waals surface area (Å²) < 4.78 is 0. The third kappa shape index (κ3) is 3.22. The molecule has 82 valence electrons. The highest BCUT2D eigenvalue weighted by molar-refractivity contribution is 6.32. The molecule has 1 rings (SSSR count).